The van der Waals surface area contributed by atoms with E-state index in [1.54, 1.807) is 0 Å². The van der Waals surface area contributed by atoms with Crippen molar-refractivity contribution in [3.05, 3.63) is 231 Å². The van der Waals surface area contributed by atoms with Gasteiger partial charge in [-0.15, -0.1) is 0 Å². The lowest BCUT2D eigenvalue weighted by molar-refractivity contribution is 0.482. The third-order valence-corrected chi connectivity index (χ3v) is 26.3. The second-order valence-corrected chi connectivity index (χ2v) is 48.3. The molecule has 606 valence electrons. The highest BCUT2D eigenvalue weighted by Gasteiger charge is 2.48. The third-order valence-electron chi connectivity index (χ3n) is 25.1. The zero-order chi connectivity index (χ0) is 85.2. The number of benzene rings is 10. The van der Waals surface area contributed by atoms with Gasteiger partial charge >= 0.3 is 0 Å². The Morgan fingerprint density at radius 3 is 0.810 bits per heavy atom. The summed E-state index contributed by atoms with van der Waals surface area (Å²) in [5, 5.41) is 0. The highest BCUT2D eigenvalue weighted by Crippen LogP contribution is 2.53. The van der Waals surface area contributed by atoms with Crippen LogP contribution in [0.1, 0.15) is 316 Å². The first-order chi connectivity index (χ1) is 53.0. The summed E-state index contributed by atoms with van der Waals surface area (Å²) in [5.74, 6) is 3.56. The lowest BCUT2D eigenvalue weighted by atomic mass is 9.32. The zero-order valence-electron chi connectivity index (χ0n) is 77.8. The summed E-state index contributed by atoms with van der Waals surface area (Å²) in [5.41, 5.74) is 30.8. The summed E-state index contributed by atoms with van der Waals surface area (Å²) in [4.78, 5) is 10.3. The van der Waals surface area contributed by atoms with E-state index in [-0.39, 0.29) is 78.4 Å². The van der Waals surface area contributed by atoms with Crippen LogP contribution in [0.5, 0.6) is 23.0 Å². The first-order valence-electron chi connectivity index (χ1n) is 43.1. The Hall–Kier alpha value is -8.32. The summed E-state index contributed by atoms with van der Waals surface area (Å²) in [6, 6.07) is 66.7. The molecular formula is C108H135B2N3O2S. The van der Waals surface area contributed by atoms with Crippen LogP contribution >= 0.6 is 11.8 Å². The van der Waals surface area contributed by atoms with Crippen molar-refractivity contribution in [1.82, 2.24) is 0 Å². The molecule has 116 heavy (non-hydrogen) atoms. The average Bonchev–Trinajstić information content (AvgIpc) is 0.691. The maximum Gasteiger partial charge on any atom is 0.256 e. The zero-order valence-corrected chi connectivity index (χ0v) is 78.6. The van der Waals surface area contributed by atoms with E-state index in [9.17, 15) is 0 Å². The maximum atomic E-state index is 7.91. The molecule has 0 bridgehead atoms. The van der Waals surface area contributed by atoms with Crippen molar-refractivity contribution in [3.63, 3.8) is 0 Å². The number of ether oxygens (including phenoxy) is 2. The standard InChI is InChI=1S/C108H135B2N3O2S/c1-97(2,3)64-37-39-83-89(56-64)114-91-59-81(111(76-46-66(99(7,8)9)41-67(47-76)100(10,11)12)77-48-68(101(13,14)15)42-69(49-77)102(16,17)18)58-88-95(91)109(83)85-63-93-86(62-87(85)113(88)80-54-74(107(31,32)33)45-75(55-80)108(34,35)36)110-84-40-38-65(98(4,5)6)57-90(84)115-92-60-82(61-94(116-93)96(92)110)112(78-50-70(103(19,20)21)43-71(51-78)104(22,23)24)79-52-72(105(25,26)27)44-73(53-79)106(28,29)30/h37-63H,1-36H3. The van der Waals surface area contributed by atoms with Crippen molar-refractivity contribution >= 4 is 109 Å². The van der Waals surface area contributed by atoms with E-state index in [2.05, 4.69) is 428 Å². The van der Waals surface area contributed by atoms with Gasteiger partial charge in [-0.25, -0.2) is 0 Å². The number of nitrogens with zero attached hydrogens (tertiary/aromatic N) is 3. The molecular weight excluding hydrogens is 1420 g/mol. The first-order valence-corrected chi connectivity index (χ1v) is 43.9. The summed E-state index contributed by atoms with van der Waals surface area (Å²) < 4.78 is 15.7. The van der Waals surface area contributed by atoms with Gasteiger partial charge in [0.2, 0.25) is 0 Å². The van der Waals surface area contributed by atoms with Gasteiger partial charge in [0.25, 0.3) is 13.4 Å². The van der Waals surface area contributed by atoms with Crippen LogP contribution in [0.4, 0.5) is 51.2 Å². The Kier molecular flexibility index (Phi) is 20.0. The van der Waals surface area contributed by atoms with Gasteiger partial charge in [0.15, 0.2) is 0 Å². The van der Waals surface area contributed by atoms with Crippen molar-refractivity contribution < 1.29 is 9.47 Å². The lowest BCUT2D eigenvalue weighted by Gasteiger charge is -2.43. The Labute approximate surface area is 706 Å². The fraction of sp³-hybridized carbons (Fsp3) is 0.444. The second kappa shape index (κ2) is 27.6. The van der Waals surface area contributed by atoms with Crippen LogP contribution in [0.25, 0.3) is 0 Å². The van der Waals surface area contributed by atoms with Gasteiger partial charge in [0.1, 0.15) is 23.0 Å². The number of anilines is 9. The molecule has 4 aliphatic rings. The lowest BCUT2D eigenvalue weighted by Crippen LogP contribution is -2.62. The SMILES string of the molecule is CC(C)(C)c1cc(N(c2cc(C(C)(C)C)cc(C(C)(C)C)c2)c2cc3c4c(c2)Sc2cc5c(cc2B4c2ccc(C(C)(C)C)cc2O3)N(c2cc(C(C)(C)C)cc(C(C)(C)C)c2)c2cc(N(c3cc(C(C)(C)C)cc(C(C)(C)C)c3)c3cc(C(C)(C)C)cc(C(C)(C)C)c3)cc3c2B5c2ccc(C(C)(C)C)cc2O3)cc(C(C)(C)C)c1. The van der Waals surface area contributed by atoms with Crippen molar-refractivity contribution in [2.75, 3.05) is 14.7 Å². The molecule has 0 fully saturated rings. The highest BCUT2D eigenvalue weighted by molar-refractivity contribution is 8.00. The summed E-state index contributed by atoms with van der Waals surface area (Å²) >= 11 is 1.92. The van der Waals surface area contributed by atoms with E-state index >= 15 is 0 Å². The van der Waals surface area contributed by atoms with Gasteiger partial charge in [0, 0.05) is 61.7 Å². The molecule has 0 atom stereocenters. The van der Waals surface area contributed by atoms with Gasteiger partial charge in [-0.05, 0) is 250 Å². The van der Waals surface area contributed by atoms with Gasteiger partial charge in [0.05, 0.1) is 11.4 Å². The molecule has 14 rings (SSSR count). The van der Waals surface area contributed by atoms with E-state index in [1.807, 2.05) is 11.8 Å². The Morgan fingerprint density at radius 1 is 0.224 bits per heavy atom. The van der Waals surface area contributed by atoms with Crippen LogP contribution in [0.2, 0.25) is 0 Å². The number of hydrogen-bond acceptors (Lipinski definition) is 6. The van der Waals surface area contributed by atoms with E-state index in [0.29, 0.717) is 0 Å². The number of hydrogen-bond donors (Lipinski definition) is 0. The third kappa shape index (κ3) is 15.9. The first kappa shape index (κ1) is 84.1. The van der Waals surface area contributed by atoms with Crippen LogP contribution < -0.4 is 57.0 Å². The molecule has 0 N–H and O–H groups in total. The normalized spacial score (nSPS) is 14.6. The van der Waals surface area contributed by atoms with Crippen molar-refractivity contribution in [3.8, 4) is 23.0 Å². The largest absolute Gasteiger partial charge is 0.458 e. The molecule has 10 aromatic carbocycles. The van der Waals surface area contributed by atoms with Crippen LogP contribution in [0.3, 0.4) is 0 Å². The monoisotopic (exact) mass is 1560 g/mol. The fourth-order valence-corrected chi connectivity index (χ4v) is 18.3. The Balaban J connectivity index is 1.12. The molecule has 10 aromatic rings. The number of rotatable bonds is 7. The topological polar surface area (TPSA) is 28.2 Å². The predicted molar refractivity (Wildman–Crippen MR) is 508 cm³/mol. The molecule has 0 unspecified atom stereocenters. The summed E-state index contributed by atoms with van der Waals surface area (Å²) in [6.45, 7) is 84.5. The molecule has 0 saturated heterocycles. The van der Waals surface area contributed by atoms with Crippen LogP contribution in [0.15, 0.2) is 174 Å². The van der Waals surface area contributed by atoms with Gasteiger partial charge < -0.3 is 24.2 Å². The van der Waals surface area contributed by atoms with E-state index < -0.39 is 0 Å². The minimum absolute atomic E-state index is 0.134. The molecule has 0 aromatic heterocycles. The quantitative estimate of drug-likeness (QED) is 0.148. The average molecular weight is 1560 g/mol. The van der Waals surface area contributed by atoms with Gasteiger partial charge in [-0.3, -0.25) is 0 Å². The molecule has 0 amide bonds. The van der Waals surface area contributed by atoms with E-state index in [4.69, 9.17) is 9.47 Å². The predicted octanol–water partition coefficient (Wildman–Crippen LogP) is 27.7. The van der Waals surface area contributed by atoms with Crippen molar-refractivity contribution in [2.45, 2.75) is 324 Å². The Morgan fingerprint density at radius 2 is 0.500 bits per heavy atom. The maximum absolute atomic E-state index is 7.91. The number of fused-ring (bicyclic) bond motifs is 8. The summed E-state index contributed by atoms with van der Waals surface area (Å²) in [6.07, 6.45) is 0. The smallest absolute Gasteiger partial charge is 0.256 e. The molecule has 0 radical (unpaired) electrons. The molecule has 0 aliphatic carbocycles. The van der Waals surface area contributed by atoms with Crippen molar-refractivity contribution in [1.29, 1.82) is 0 Å². The molecule has 4 aliphatic heterocycles. The van der Waals surface area contributed by atoms with Crippen molar-refractivity contribution in [2.24, 2.45) is 0 Å². The van der Waals surface area contributed by atoms with Crippen LogP contribution in [0, 0.1) is 0 Å². The van der Waals surface area contributed by atoms with Crippen LogP contribution in [-0.2, 0) is 65.0 Å². The fourth-order valence-electron chi connectivity index (χ4n) is 17.1. The summed E-state index contributed by atoms with van der Waals surface area (Å²) in [7, 11) is 0. The van der Waals surface area contributed by atoms with E-state index in [0.717, 1.165) is 68.5 Å². The Bertz CT molecular complexity index is 5290. The molecule has 0 saturated carbocycles. The molecule has 8 heteroatoms. The second-order valence-electron chi connectivity index (χ2n) is 47.2. The van der Waals surface area contributed by atoms with Gasteiger partial charge in [-0.2, -0.15) is 0 Å². The molecule has 4 heterocycles. The molecule has 0 spiro atoms. The minimum Gasteiger partial charge on any atom is -0.458 e. The van der Waals surface area contributed by atoms with E-state index in [1.165, 1.54) is 115 Å². The molecule has 5 nitrogen and oxygen atoms in total. The minimum atomic E-state index is -0.229. The van der Waals surface area contributed by atoms with Crippen LogP contribution in [-0.4, -0.2) is 13.4 Å². The highest BCUT2D eigenvalue weighted by atomic mass is 32.2. The van der Waals surface area contributed by atoms with Gasteiger partial charge in [-0.1, -0.05) is 327 Å².